The van der Waals surface area contributed by atoms with Gasteiger partial charge in [-0.15, -0.1) is 5.10 Å². The number of hydrogen-bond donors (Lipinski definition) is 2. The molecule has 3 rings (SSSR count). The Morgan fingerprint density at radius 3 is 2.56 bits per heavy atom. The molecule has 0 bridgehead atoms. The quantitative estimate of drug-likeness (QED) is 0.854. The Hall–Kier alpha value is -1.10. The molecular weight excluding hydrogens is 226 g/mol. The van der Waals surface area contributed by atoms with E-state index in [-0.39, 0.29) is 0 Å². The van der Waals surface area contributed by atoms with Crippen LogP contribution in [0.4, 0.5) is 5.95 Å². The molecule has 18 heavy (non-hydrogen) atoms. The van der Waals surface area contributed by atoms with Gasteiger partial charge in [-0.1, -0.05) is 12.8 Å². The first-order chi connectivity index (χ1) is 8.86. The molecule has 1 aromatic rings. The molecule has 0 unspecified atom stereocenters. The van der Waals surface area contributed by atoms with Crippen LogP contribution in [0.2, 0.25) is 0 Å². The Bertz CT molecular complexity index is 374. The van der Waals surface area contributed by atoms with Crippen LogP contribution in [0.5, 0.6) is 0 Å². The fourth-order valence-corrected chi connectivity index (χ4v) is 3.16. The molecule has 100 valence electrons. The van der Waals surface area contributed by atoms with E-state index in [1.807, 2.05) is 0 Å². The molecule has 1 aliphatic carbocycles. The Morgan fingerprint density at radius 1 is 1.17 bits per heavy atom. The van der Waals surface area contributed by atoms with Crippen molar-refractivity contribution in [2.24, 2.45) is 11.7 Å². The summed E-state index contributed by atoms with van der Waals surface area (Å²) in [6.07, 6.45) is 7.55. The van der Waals surface area contributed by atoms with Crippen LogP contribution < -0.4 is 10.6 Å². The zero-order valence-corrected chi connectivity index (χ0v) is 10.9. The summed E-state index contributed by atoms with van der Waals surface area (Å²) in [5.74, 6) is 3.30. The van der Waals surface area contributed by atoms with Crippen LogP contribution in [0, 0.1) is 5.92 Å². The number of piperidine rings is 1. The zero-order valence-electron chi connectivity index (χ0n) is 10.9. The van der Waals surface area contributed by atoms with Crippen molar-refractivity contribution in [3.8, 4) is 0 Å². The van der Waals surface area contributed by atoms with Crippen molar-refractivity contribution in [1.29, 1.82) is 0 Å². The number of aromatic nitrogens is 3. The minimum atomic E-state index is 0.618. The van der Waals surface area contributed by atoms with Gasteiger partial charge in [0.1, 0.15) is 5.82 Å². The molecule has 2 aliphatic rings. The molecular formula is C13H23N5. The summed E-state index contributed by atoms with van der Waals surface area (Å²) in [5, 5.41) is 7.54. The van der Waals surface area contributed by atoms with Gasteiger partial charge in [-0.25, -0.2) is 0 Å². The first-order valence-electron chi connectivity index (χ1n) is 7.24. The number of H-pyrrole nitrogens is 1. The lowest BCUT2D eigenvalue weighted by atomic mass is 9.97. The highest BCUT2D eigenvalue weighted by molar-refractivity contribution is 5.30. The normalized spacial score (nSPS) is 22.8. The van der Waals surface area contributed by atoms with E-state index >= 15 is 0 Å². The standard InChI is InChI=1S/C13H23N5/c14-9-10-5-7-18(8-6-10)13-15-12(16-17-13)11-3-1-2-4-11/h10-11H,1-9,14H2,(H,15,16,17). The van der Waals surface area contributed by atoms with E-state index in [0.29, 0.717) is 11.8 Å². The smallest absolute Gasteiger partial charge is 0.244 e. The Balaban J connectivity index is 1.62. The highest BCUT2D eigenvalue weighted by atomic mass is 15.4. The van der Waals surface area contributed by atoms with Gasteiger partial charge in [0, 0.05) is 19.0 Å². The summed E-state index contributed by atoms with van der Waals surface area (Å²) in [4.78, 5) is 6.99. The summed E-state index contributed by atoms with van der Waals surface area (Å²) in [5.41, 5.74) is 5.72. The van der Waals surface area contributed by atoms with E-state index in [2.05, 4.69) is 15.1 Å². The summed E-state index contributed by atoms with van der Waals surface area (Å²) >= 11 is 0. The first-order valence-corrected chi connectivity index (χ1v) is 7.24. The number of hydrogen-bond acceptors (Lipinski definition) is 4. The second kappa shape index (κ2) is 5.26. The van der Waals surface area contributed by atoms with Crippen LogP contribution in [0.1, 0.15) is 50.3 Å². The number of anilines is 1. The molecule has 5 heteroatoms. The summed E-state index contributed by atoms with van der Waals surface area (Å²) in [6, 6.07) is 0. The van der Waals surface area contributed by atoms with Crippen molar-refractivity contribution in [2.75, 3.05) is 24.5 Å². The van der Waals surface area contributed by atoms with Gasteiger partial charge in [-0.2, -0.15) is 4.98 Å². The number of nitrogens with two attached hydrogens (primary N) is 1. The third-order valence-electron chi connectivity index (χ3n) is 4.46. The van der Waals surface area contributed by atoms with E-state index in [1.165, 1.54) is 38.5 Å². The average molecular weight is 249 g/mol. The Morgan fingerprint density at radius 2 is 1.89 bits per heavy atom. The Kier molecular flexibility index (Phi) is 3.50. The van der Waals surface area contributed by atoms with Crippen molar-refractivity contribution in [2.45, 2.75) is 44.4 Å². The Labute approximate surface area is 108 Å². The summed E-state index contributed by atoms with van der Waals surface area (Å²) in [7, 11) is 0. The fraction of sp³-hybridized carbons (Fsp3) is 0.846. The SMILES string of the molecule is NCC1CCN(c2n[nH]c(C3CCCC3)n2)CC1. The zero-order chi connectivity index (χ0) is 12.4. The van der Waals surface area contributed by atoms with Gasteiger partial charge >= 0.3 is 0 Å². The molecule has 1 saturated heterocycles. The van der Waals surface area contributed by atoms with Crippen molar-refractivity contribution in [3.05, 3.63) is 5.82 Å². The molecule has 5 nitrogen and oxygen atoms in total. The van der Waals surface area contributed by atoms with Crippen molar-refractivity contribution < 1.29 is 0 Å². The molecule has 3 N–H and O–H groups in total. The van der Waals surface area contributed by atoms with Gasteiger partial charge in [0.25, 0.3) is 0 Å². The van der Waals surface area contributed by atoms with Crippen molar-refractivity contribution in [1.82, 2.24) is 15.2 Å². The lowest BCUT2D eigenvalue weighted by Crippen LogP contribution is -2.36. The van der Waals surface area contributed by atoms with Gasteiger partial charge in [-0.3, -0.25) is 5.10 Å². The predicted molar refractivity (Wildman–Crippen MR) is 71.6 cm³/mol. The van der Waals surface area contributed by atoms with Gasteiger partial charge in [0.2, 0.25) is 5.95 Å². The molecule has 0 radical (unpaired) electrons. The molecule has 2 fully saturated rings. The molecule has 1 saturated carbocycles. The minimum absolute atomic E-state index is 0.618. The van der Waals surface area contributed by atoms with Gasteiger partial charge in [0.15, 0.2) is 0 Å². The van der Waals surface area contributed by atoms with Crippen molar-refractivity contribution >= 4 is 5.95 Å². The van der Waals surface area contributed by atoms with Crippen LogP contribution in [-0.2, 0) is 0 Å². The van der Waals surface area contributed by atoms with E-state index in [9.17, 15) is 0 Å². The highest BCUT2D eigenvalue weighted by Crippen LogP contribution is 2.32. The van der Waals surface area contributed by atoms with E-state index in [1.54, 1.807) is 0 Å². The van der Waals surface area contributed by atoms with E-state index in [0.717, 1.165) is 31.4 Å². The first kappa shape index (κ1) is 12.0. The fourth-order valence-electron chi connectivity index (χ4n) is 3.16. The number of nitrogens with zero attached hydrogens (tertiary/aromatic N) is 3. The van der Waals surface area contributed by atoms with E-state index < -0.39 is 0 Å². The molecule has 0 aromatic carbocycles. The minimum Gasteiger partial charge on any atom is -0.340 e. The monoisotopic (exact) mass is 249 g/mol. The molecule has 0 spiro atoms. The number of aromatic amines is 1. The molecule has 1 aliphatic heterocycles. The largest absolute Gasteiger partial charge is 0.340 e. The maximum Gasteiger partial charge on any atom is 0.244 e. The van der Waals surface area contributed by atoms with Gasteiger partial charge in [-0.05, 0) is 38.1 Å². The van der Waals surface area contributed by atoms with Crippen LogP contribution in [0.25, 0.3) is 0 Å². The van der Waals surface area contributed by atoms with Crippen LogP contribution in [0.3, 0.4) is 0 Å². The molecule has 0 amide bonds. The van der Waals surface area contributed by atoms with Crippen LogP contribution in [-0.4, -0.2) is 34.8 Å². The maximum absolute atomic E-state index is 5.72. The highest BCUT2D eigenvalue weighted by Gasteiger charge is 2.24. The summed E-state index contributed by atoms with van der Waals surface area (Å²) in [6.45, 7) is 2.91. The second-order valence-electron chi connectivity index (χ2n) is 5.67. The third-order valence-corrected chi connectivity index (χ3v) is 4.46. The summed E-state index contributed by atoms with van der Waals surface area (Å²) < 4.78 is 0. The molecule has 0 atom stereocenters. The van der Waals surface area contributed by atoms with E-state index in [4.69, 9.17) is 10.7 Å². The van der Waals surface area contributed by atoms with Crippen LogP contribution >= 0.6 is 0 Å². The third kappa shape index (κ3) is 2.36. The predicted octanol–water partition coefficient (Wildman–Crippen LogP) is 1.64. The maximum atomic E-state index is 5.72. The van der Waals surface area contributed by atoms with Gasteiger partial charge < -0.3 is 10.6 Å². The second-order valence-corrected chi connectivity index (χ2v) is 5.67. The topological polar surface area (TPSA) is 70.8 Å². The lowest BCUT2D eigenvalue weighted by molar-refractivity contribution is 0.411. The number of nitrogens with one attached hydrogen (secondary N) is 1. The van der Waals surface area contributed by atoms with Gasteiger partial charge in [0.05, 0.1) is 0 Å². The lowest BCUT2D eigenvalue weighted by Gasteiger charge is -2.30. The average Bonchev–Trinajstić information content (AvgIpc) is 3.09. The van der Waals surface area contributed by atoms with Crippen LogP contribution in [0.15, 0.2) is 0 Å². The molecule has 1 aromatic heterocycles. The number of rotatable bonds is 3. The van der Waals surface area contributed by atoms with Crippen molar-refractivity contribution in [3.63, 3.8) is 0 Å². The molecule has 2 heterocycles.